The topological polar surface area (TPSA) is 0 Å². The average molecular weight is 358 g/mol. The first kappa shape index (κ1) is 17.6. The molecule has 0 radical (unpaired) electrons. The normalized spacial score (nSPS) is 12.5. The standard InChI is InChI=1S/C14H6F8S/c15-11-3-1-7(5-9(11)13(17,18)19)23-8-2-4-12(16)10(6-8)14(20,21)22/h1-6H. The molecule has 0 N–H and O–H groups in total. The number of rotatable bonds is 2. The van der Waals surface area contributed by atoms with E-state index in [1.54, 1.807) is 0 Å². The zero-order valence-electron chi connectivity index (χ0n) is 10.9. The highest BCUT2D eigenvalue weighted by Gasteiger charge is 2.35. The molecule has 0 aliphatic heterocycles. The molecular formula is C14H6F8S. The highest BCUT2D eigenvalue weighted by Crippen LogP contribution is 2.38. The Morgan fingerprint density at radius 1 is 0.609 bits per heavy atom. The van der Waals surface area contributed by atoms with Crippen molar-refractivity contribution >= 4 is 11.8 Å². The van der Waals surface area contributed by atoms with Crippen LogP contribution in [0.4, 0.5) is 35.1 Å². The average Bonchev–Trinajstić information content (AvgIpc) is 2.40. The van der Waals surface area contributed by atoms with Crippen molar-refractivity contribution in [3.05, 3.63) is 59.2 Å². The van der Waals surface area contributed by atoms with Gasteiger partial charge in [-0.25, -0.2) is 8.78 Å². The lowest BCUT2D eigenvalue weighted by atomic mass is 10.2. The lowest BCUT2D eigenvalue weighted by Crippen LogP contribution is -2.08. The van der Waals surface area contributed by atoms with E-state index in [2.05, 4.69) is 0 Å². The molecule has 0 aliphatic rings. The summed E-state index contributed by atoms with van der Waals surface area (Å²) in [7, 11) is 0. The molecule has 0 aromatic heterocycles. The van der Waals surface area contributed by atoms with E-state index < -0.39 is 35.1 Å². The van der Waals surface area contributed by atoms with Gasteiger partial charge in [0.25, 0.3) is 0 Å². The predicted octanol–water partition coefficient (Wildman–Crippen LogP) is 6.15. The molecule has 124 valence electrons. The van der Waals surface area contributed by atoms with Gasteiger partial charge in [0, 0.05) is 9.79 Å². The third-order valence-corrected chi connectivity index (χ3v) is 3.70. The third-order valence-electron chi connectivity index (χ3n) is 2.72. The van der Waals surface area contributed by atoms with Crippen LogP contribution in [0.5, 0.6) is 0 Å². The van der Waals surface area contributed by atoms with Crippen molar-refractivity contribution in [2.45, 2.75) is 22.1 Å². The summed E-state index contributed by atoms with van der Waals surface area (Å²) in [5.74, 6) is -2.98. The van der Waals surface area contributed by atoms with Crippen LogP contribution in [-0.2, 0) is 12.4 Å². The van der Waals surface area contributed by atoms with Crippen LogP contribution in [0.15, 0.2) is 46.2 Å². The summed E-state index contributed by atoms with van der Waals surface area (Å²) in [6.07, 6.45) is -9.86. The van der Waals surface area contributed by atoms with E-state index in [1.165, 1.54) is 0 Å². The molecular weight excluding hydrogens is 352 g/mol. The maximum absolute atomic E-state index is 13.2. The van der Waals surface area contributed by atoms with Crippen LogP contribution >= 0.6 is 11.8 Å². The molecule has 0 fully saturated rings. The van der Waals surface area contributed by atoms with Crippen molar-refractivity contribution in [2.75, 3.05) is 0 Å². The Hall–Kier alpha value is -1.77. The minimum Gasteiger partial charge on any atom is -0.206 e. The first-order valence-corrected chi connectivity index (χ1v) is 6.71. The Labute approximate surface area is 129 Å². The van der Waals surface area contributed by atoms with E-state index in [-0.39, 0.29) is 9.79 Å². The second kappa shape index (κ2) is 6.03. The molecule has 0 heterocycles. The summed E-state index contributed by atoms with van der Waals surface area (Å²) in [5.41, 5.74) is -3.05. The highest BCUT2D eigenvalue weighted by atomic mass is 32.2. The molecule has 2 rings (SSSR count). The third kappa shape index (κ3) is 4.15. The Morgan fingerprint density at radius 3 is 1.26 bits per heavy atom. The molecule has 0 spiro atoms. The summed E-state index contributed by atoms with van der Waals surface area (Å²) in [4.78, 5) is -0.253. The molecule has 23 heavy (non-hydrogen) atoms. The monoisotopic (exact) mass is 358 g/mol. The summed E-state index contributed by atoms with van der Waals surface area (Å²) in [5, 5.41) is 0. The molecule has 9 heteroatoms. The highest BCUT2D eigenvalue weighted by molar-refractivity contribution is 7.99. The summed E-state index contributed by atoms with van der Waals surface area (Å²) in [6.45, 7) is 0. The summed E-state index contributed by atoms with van der Waals surface area (Å²) < 4.78 is 102. The Morgan fingerprint density at radius 2 is 0.957 bits per heavy atom. The minimum atomic E-state index is -4.93. The number of benzene rings is 2. The second-order valence-electron chi connectivity index (χ2n) is 4.38. The Balaban J connectivity index is 2.37. The molecule has 0 nitrogen and oxygen atoms in total. The van der Waals surface area contributed by atoms with E-state index >= 15 is 0 Å². The fourth-order valence-corrected chi connectivity index (χ4v) is 2.60. The number of hydrogen-bond acceptors (Lipinski definition) is 1. The van der Waals surface area contributed by atoms with Crippen LogP contribution in [0, 0.1) is 11.6 Å². The van der Waals surface area contributed by atoms with Crippen LogP contribution < -0.4 is 0 Å². The largest absolute Gasteiger partial charge is 0.419 e. The zero-order chi connectivity index (χ0) is 17.4. The van der Waals surface area contributed by atoms with E-state index in [9.17, 15) is 35.1 Å². The van der Waals surface area contributed by atoms with E-state index in [1.807, 2.05) is 0 Å². The van der Waals surface area contributed by atoms with Gasteiger partial charge in [-0.3, -0.25) is 0 Å². The quantitative estimate of drug-likeness (QED) is 0.580. The van der Waals surface area contributed by atoms with Gasteiger partial charge in [-0.1, -0.05) is 11.8 Å². The fourth-order valence-electron chi connectivity index (χ4n) is 1.71. The van der Waals surface area contributed by atoms with Gasteiger partial charge in [0.1, 0.15) is 11.6 Å². The molecule has 0 atom stereocenters. The van der Waals surface area contributed by atoms with Gasteiger partial charge in [-0.05, 0) is 36.4 Å². The van der Waals surface area contributed by atoms with Gasteiger partial charge in [-0.2, -0.15) is 26.3 Å². The fraction of sp³-hybridized carbons (Fsp3) is 0.143. The number of hydrogen-bond donors (Lipinski definition) is 0. The Bertz CT molecular complexity index is 656. The maximum Gasteiger partial charge on any atom is 0.419 e. The summed E-state index contributed by atoms with van der Waals surface area (Å²) in [6, 6.07) is 4.09. The van der Waals surface area contributed by atoms with Crippen molar-refractivity contribution < 1.29 is 35.1 Å². The van der Waals surface area contributed by atoms with Crippen LogP contribution in [0.2, 0.25) is 0 Å². The van der Waals surface area contributed by atoms with Gasteiger partial charge >= 0.3 is 12.4 Å². The zero-order valence-corrected chi connectivity index (χ0v) is 11.7. The van der Waals surface area contributed by atoms with E-state index in [0.29, 0.717) is 36.0 Å². The predicted molar refractivity (Wildman–Crippen MR) is 66.9 cm³/mol. The molecule has 0 bridgehead atoms. The smallest absolute Gasteiger partial charge is 0.206 e. The van der Waals surface area contributed by atoms with Gasteiger partial charge in [0.15, 0.2) is 0 Å². The van der Waals surface area contributed by atoms with Gasteiger partial charge < -0.3 is 0 Å². The maximum atomic E-state index is 13.2. The van der Waals surface area contributed by atoms with E-state index in [4.69, 9.17) is 0 Å². The molecule has 0 unspecified atom stereocenters. The van der Waals surface area contributed by atoms with Crippen LogP contribution in [0.25, 0.3) is 0 Å². The van der Waals surface area contributed by atoms with Crippen molar-refractivity contribution in [2.24, 2.45) is 0 Å². The lowest BCUT2D eigenvalue weighted by molar-refractivity contribution is -0.141. The first-order valence-electron chi connectivity index (χ1n) is 5.90. The minimum absolute atomic E-state index is 0.126. The van der Waals surface area contributed by atoms with Crippen molar-refractivity contribution in [3.8, 4) is 0 Å². The number of alkyl halides is 6. The van der Waals surface area contributed by atoms with Crippen molar-refractivity contribution in [3.63, 3.8) is 0 Å². The molecule has 0 saturated heterocycles. The summed E-state index contributed by atoms with van der Waals surface area (Å²) >= 11 is 0.532. The number of halogens is 8. The molecule has 2 aromatic rings. The lowest BCUT2D eigenvalue weighted by Gasteiger charge is -2.12. The van der Waals surface area contributed by atoms with Crippen LogP contribution in [-0.4, -0.2) is 0 Å². The van der Waals surface area contributed by atoms with Crippen molar-refractivity contribution in [1.82, 2.24) is 0 Å². The molecule has 0 amide bonds. The Kier molecular flexibility index (Phi) is 4.61. The van der Waals surface area contributed by atoms with Gasteiger partial charge in [0.05, 0.1) is 11.1 Å². The molecule has 0 aliphatic carbocycles. The second-order valence-corrected chi connectivity index (χ2v) is 5.53. The first-order chi connectivity index (χ1) is 10.5. The SMILES string of the molecule is Fc1ccc(Sc2ccc(F)c(C(F)(F)F)c2)cc1C(F)(F)F. The van der Waals surface area contributed by atoms with Gasteiger partial charge in [0.2, 0.25) is 0 Å². The van der Waals surface area contributed by atoms with Gasteiger partial charge in [-0.15, -0.1) is 0 Å². The van der Waals surface area contributed by atoms with Crippen molar-refractivity contribution in [1.29, 1.82) is 0 Å². The van der Waals surface area contributed by atoms with E-state index in [0.717, 1.165) is 12.1 Å². The molecule has 2 aromatic carbocycles. The van der Waals surface area contributed by atoms with Crippen LogP contribution in [0.3, 0.4) is 0 Å². The van der Waals surface area contributed by atoms with Crippen LogP contribution in [0.1, 0.15) is 11.1 Å². The molecule has 0 saturated carbocycles.